The Labute approximate surface area is 140 Å². The number of amides is 1. The van der Waals surface area contributed by atoms with E-state index in [0.717, 1.165) is 28.4 Å². The van der Waals surface area contributed by atoms with E-state index in [2.05, 4.69) is 15.5 Å². The summed E-state index contributed by atoms with van der Waals surface area (Å²) in [5.41, 5.74) is 1.75. The van der Waals surface area contributed by atoms with Crippen LogP contribution in [0.5, 0.6) is 0 Å². The highest BCUT2D eigenvalue weighted by atomic mass is 32.2. The molecular formula is C15H13N3O3S2. The van der Waals surface area contributed by atoms with Crippen molar-refractivity contribution in [3.05, 3.63) is 35.2 Å². The lowest BCUT2D eigenvalue weighted by Crippen LogP contribution is -2.26. The van der Waals surface area contributed by atoms with Gasteiger partial charge < -0.3 is 10.4 Å². The molecule has 0 aliphatic carbocycles. The predicted octanol–water partition coefficient (Wildman–Crippen LogP) is 2.69. The average Bonchev–Trinajstić information content (AvgIpc) is 3.08. The molecule has 6 nitrogen and oxygen atoms in total. The molecule has 0 saturated carbocycles. The maximum atomic E-state index is 11.6. The lowest BCUT2D eigenvalue weighted by Gasteiger charge is -1.98. The Morgan fingerprint density at radius 3 is 2.96 bits per heavy atom. The normalized spacial score (nSPS) is 20.2. The molecule has 118 valence electrons. The number of nitrogens with zero attached hydrogens (tertiary/aromatic N) is 2. The molecule has 2 N–H and O–H groups in total. The molecule has 1 amide bonds. The van der Waals surface area contributed by atoms with Gasteiger partial charge in [-0.1, -0.05) is 30.0 Å². The number of hydrogen-bond donors (Lipinski definition) is 2. The number of nitrogens with one attached hydrogen (secondary N) is 1. The molecule has 1 aromatic heterocycles. The lowest BCUT2D eigenvalue weighted by molar-refractivity contribution is -0.138. The van der Waals surface area contributed by atoms with Crippen molar-refractivity contribution in [3.8, 4) is 0 Å². The Morgan fingerprint density at radius 1 is 1.39 bits per heavy atom. The van der Waals surface area contributed by atoms with Crippen molar-refractivity contribution in [2.24, 2.45) is 10.2 Å². The summed E-state index contributed by atoms with van der Waals surface area (Å²) in [6.07, 6.45) is -0.229. The van der Waals surface area contributed by atoms with Gasteiger partial charge in [-0.3, -0.25) is 9.59 Å². The molecule has 1 aliphatic heterocycles. The third-order valence-corrected chi connectivity index (χ3v) is 5.33. The SMILES string of the molecule is C/C(=N/N=C1\NC(=O)C(CC(=O)O)S1)c1csc2ccccc12. The van der Waals surface area contributed by atoms with E-state index in [1.807, 2.05) is 36.6 Å². The first kappa shape index (κ1) is 15.7. The van der Waals surface area contributed by atoms with E-state index < -0.39 is 11.2 Å². The number of benzene rings is 1. The van der Waals surface area contributed by atoms with Crippen LogP contribution >= 0.6 is 23.1 Å². The summed E-state index contributed by atoms with van der Waals surface area (Å²) in [5.74, 6) is -1.35. The zero-order chi connectivity index (χ0) is 16.4. The van der Waals surface area contributed by atoms with E-state index in [1.54, 1.807) is 11.3 Å². The van der Waals surface area contributed by atoms with Gasteiger partial charge in [0.2, 0.25) is 5.91 Å². The van der Waals surface area contributed by atoms with Crippen LogP contribution in [0, 0.1) is 0 Å². The van der Waals surface area contributed by atoms with E-state index in [-0.39, 0.29) is 12.3 Å². The lowest BCUT2D eigenvalue weighted by atomic mass is 10.1. The van der Waals surface area contributed by atoms with Gasteiger partial charge in [0.1, 0.15) is 5.25 Å². The van der Waals surface area contributed by atoms with Gasteiger partial charge in [-0.15, -0.1) is 16.4 Å². The number of amidine groups is 1. The van der Waals surface area contributed by atoms with Crippen LogP contribution in [0.25, 0.3) is 10.1 Å². The van der Waals surface area contributed by atoms with Gasteiger partial charge in [-0.2, -0.15) is 5.10 Å². The standard InChI is InChI=1S/C15H13N3O3S2/c1-8(10-7-22-11-5-3-2-4-9(10)11)17-18-15-16-14(21)12(23-15)6-13(19)20/h2-5,7,12H,6H2,1H3,(H,19,20)(H,16,18,21)/b17-8-. The second-order valence-electron chi connectivity index (χ2n) is 4.93. The maximum Gasteiger partial charge on any atom is 0.305 e. The Morgan fingerprint density at radius 2 is 2.17 bits per heavy atom. The Hall–Kier alpha value is -2.19. The summed E-state index contributed by atoms with van der Waals surface area (Å²) in [6, 6.07) is 8.04. The molecule has 2 aromatic rings. The number of carbonyl (C=O) groups excluding carboxylic acids is 1. The number of thiophene rings is 1. The fourth-order valence-electron chi connectivity index (χ4n) is 2.18. The molecule has 1 saturated heterocycles. The van der Waals surface area contributed by atoms with Crippen LogP contribution in [-0.4, -0.2) is 33.1 Å². The molecule has 1 atom stereocenters. The number of aliphatic carboxylic acids is 1. The van der Waals surface area contributed by atoms with Gasteiger partial charge in [0.05, 0.1) is 12.1 Å². The minimum absolute atomic E-state index is 0.229. The molecule has 3 rings (SSSR count). The van der Waals surface area contributed by atoms with Crippen LogP contribution < -0.4 is 5.32 Å². The van der Waals surface area contributed by atoms with Crippen LogP contribution in [-0.2, 0) is 9.59 Å². The van der Waals surface area contributed by atoms with E-state index >= 15 is 0 Å². The first-order valence-electron chi connectivity index (χ1n) is 6.83. The number of rotatable bonds is 4. The van der Waals surface area contributed by atoms with Gasteiger partial charge in [-0.05, 0) is 13.0 Å². The van der Waals surface area contributed by atoms with Crippen molar-refractivity contribution >= 4 is 55.9 Å². The first-order valence-corrected chi connectivity index (χ1v) is 8.58. The number of carboxylic acids is 1. The second-order valence-corrected chi connectivity index (χ2v) is 7.03. The van der Waals surface area contributed by atoms with Crippen molar-refractivity contribution in [2.75, 3.05) is 0 Å². The second kappa shape index (κ2) is 6.51. The highest BCUT2D eigenvalue weighted by Crippen LogP contribution is 2.26. The molecular weight excluding hydrogens is 334 g/mol. The maximum absolute atomic E-state index is 11.6. The van der Waals surface area contributed by atoms with Gasteiger partial charge >= 0.3 is 5.97 Å². The number of thioether (sulfide) groups is 1. The zero-order valence-corrected chi connectivity index (χ0v) is 13.8. The summed E-state index contributed by atoms with van der Waals surface area (Å²) < 4.78 is 1.18. The molecule has 0 spiro atoms. The summed E-state index contributed by atoms with van der Waals surface area (Å²) in [7, 11) is 0. The van der Waals surface area contributed by atoms with Gasteiger partial charge in [0, 0.05) is 21.0 Å². The highest BCUT2D eigenvalue weighted by molar-refractivity contribution is 8.15. The third-order valence-electron chi connectivity index (χ3n) is 3.30. The van der Waals surface area contributed by atoms with Crippen molar-refractivity contribution in [3.63, 3.8) is 0 Å². The minimum atomic E-state index is -1.01. The molecule has 8 heteroatoms. The van der Waals surface area contributed by atoms with Crippen molar-refractivity contribution in [1.29, 1.82) is 0 Å². The fraction of sp³-hybridized carbons (Fsp3) is 0.200. The molecule has 1 aromatic carbocycles. The quantitative estimate of drug-likeness (QED) is 0.657. The minimum Gasteiger partial charge on any atom is -0.481 e. The van der Waals surface area contributed by atoms with Crippen molar-refractivity contribution < 1.29 is 14.7 Å². The Balaban J connectivity index is 1.79. The van der Waals surface area contributed by atoms with Crippen molar-refractivity contribution in [2.45, 2.75) is 18.6 Å². The molecule has 1 unspecified atom stereocenters. The van der Waals surface area contributed by atoms with Gasteiger partial charge in [0.15, 0.2) is 5.17 Å². The fourth-order valence-corrected chi connectivity index (χ4v) is 4.09. The third kappa shape index (κ3) is 3.43. The van der Waals surface area contributed by atoms with Crippen LogP contribution in [0.4, 0.5) is 0 Å². The molecule has 0 radical (unpaired) electrons. The van der Waals surface area contributed by atoms with E-state index in [0.29, 0.717) is 5.17 Å². The smallest absolute Gasteiger partial charge is 0.305 e. The van der Waals surface area contributed by atoms with Crippen LogP contribution in [0.15, 0.2) is 39.8 Å². The van der Waals surface area contributed by atoms with Gasteiger partial charge in [-0.25, -0.2) is 0 Å². The molecule has 0 bridgehead atoms. The zero-order valence-electron chi connectivity index (χ0n) is 12.1. The predicted molar refractivity (Wildman–Crippen MR) is 93.2 cm³/mol. The van der Waals surface area contributed by atoms with Crippen LogP contribution in [0.3, 0.4) is 0 Å². The summed E-state index contributed by atoms with van der Waals surface area (Å²) in [6.45, 7) is 1.86. The van der Waals surface area contributed by atoms with E-state index in [4.69, 9.17) is 5.11 Å². The average molecular weight is 347 g/mol. The Bertz CT molecular complexity index is 841. The number of fused-ring (bicyclic) bond motifs is 1. The largest absolute Gasteiger partial charge is 0.481 e. The molecule has 2 heterocycles. The highest BCUT2D eigenvalue weighted by Gasteiger charge is 2.32. The first-order chi connectivity index (χ1) is 11.0. The Kier molecular flexibility index (Phi) is 4.44. The molecule has 1 fully saturated rings. The monoisotopic (exact) mass is 347 g/mol. The van der Waals surface area contributed by atoms with Gasteiger partial charge in [0.25, 0.3) is 0 Å². The number of carbonyl (C=O) groups is 2. The van der Waals surface area contributed by atoms with E-state index in [1.165, 1.54) is 4.70 Å². The van der Waals surface area contributed by atoms with E-state index in [9.17, 15) is 9.59 Å². The summed E-state index contributed by atoms with van der Waals surface area (Å²) in [4.78, 5) is 22.3. The molecule has 1 aliphatic rings. The summed E-state index contributed by atoms with van der Waals surface area (Å²) in [5, 5.41) is 22.4. The number of carboxylic acid groups (broad SMARTS) is 1. The molecule has 23 heavy (non-hydrogen) atoms. The summed E-state index contributed by atoms with van der Waals surface area (Å²) >= 11 is 2.73. The van der Waals surface area contributed by atoms with Crippen molar-refractivity contribution in [1.82, 2.24) is 5.32 Å². The van der Waals surface area contributed by atoms with Crippen LogP contribution in [0.1, 0.15) is 18.9 Å². The topological polar surface area (TPSA) is 91.1 Å². The van der Waals surface area contributed by atoms with Crippen LogP contribution in [0.2, 0.25) is 0 Å². The number of hydrogen-bond acceptors (Lipinski definition) is 6.